The molecule has 0 heterocycles. The first kappa shape index (κ1) is 24.6. The number of nitrogens with one attached hydrogen (secondary N) is 1. The maximum absolute atomic E-state index is 12.6. The van der Waals surface area contributed by atoms with E-state index in [0.717, 1.165) is 49.0 Å². The summed E-state index contributed by atoms with van der Waals surface area (Å²) in [5.74, 6) is 5.67. The van der Waals surface area contributed by atoms with Gasteiger partial charge in [0.05, 0.1) is 14.1 Å². The molecule has 0 saturated heterocycles. The van der Waals surface area contributed by atoms with Crippen LogP contribution >= 0.6 is 0 Å². The number of hydrogen-bond acceptors (Lipinski definition) is 1. The molecular formula is C29H53N2O+. The third kappa shape index (κ3) is 4.41. The Bertz CT molecular complexity index is 674. The van der Waals surface area contributed by atoms with Gasteiger partial charge in [0.15, 0.2) is 0 Å². The second-order valence-corrected chi connectivity index (χ2v) is 13.6. The van der Waals surface area contributed by atoms with E-state index in [1.54, 1.807) is 0 Å². The van der Waals surface area contributed by atoms with Gasteiger partial charge >= 0.3 is 0 Å². The second kappa shape index (κ2) is 9.23. The van der Waals surface area contributed by atoms with Gasteiger partial charge in [-0.2, -0.15) is 0 Å². The lowest BCUT2D eigenvalue weighted by Crippen LogP contribution is -2.54. The molecule has 4 unspecified atom stereocenters. The molecule has 32 heavy (non-hydrogen) atoms. The molecule has 0 aliphatic heterocycles. The van der Waals surface area contributed by atoms with E-state index < -0.39 is 0 Å². The van der Waals surface area contributed by atoms with E-state index in [9.17, 15) is 4.79 Å². The average molecular weight is 446 g/mol. The van der Waals surface area contributed by atoms with Crippen molar-refractivity contribution < 1.29 is 9.39 Å². The molecule has 4 saturated carbocycles. The number of carbonyl (C=O) groups is 1. The monoisotopic (exact) mass is 445 g/mol. The van der Waals surface area contributed by atoms with Gasteiger partial charge < -0.3 is 0 Å². The highest BCUT2D eigenvalue weighted by Gasteiger charge is 2.60. The summed E-state index contributed by atoms with van der Waals surface area (Å²) in [5, 5.41) is 0. The quantitative estimate of drug-likeness (QED) is 0.333. The molecule has 0 spiro atoms. The maximum atomic E-state index is 12.6. The number of amides is 1. The summed E-state index contributed by atoms with van der Waals surface area (Å²) >= 11 is 0. The summed E-state index contributed by atoms with van der Waals surface area (Å²) in [6.45, 7) is 11.0. The van der Waals surface area contributed by atoms with Gasteiger partial charge in [-0.05, 0) is 111 Å². The molecule has 184 valence electrons. The lowest BCUT2D eigenvalue weighted by molar-refractivity contribution is -0.925. The van der Waals surface area contributed by atoms with Crippen molar-refractivity contribution in [2.75, 3.05) is 20.6 Å². The predicted octanol–water partition coefficient (Wildman–Crippen LogP) is 6.97. The van der Waals surface area contributed by atoms with Crippen molar-refractivity contribution in [1.29, 1.82) is 0 Å². The summed E-state index contributed by atoms with van der Waals surface area (Å²) in [6.07, 6.45) is 17.6. The van der Waals surface area contributed by atoms with Crippen LogP contribution in [0.25, 0.3) is 0 Å². The topological polar surface area (TPSA) is 29.1 Å². The van der Waals surface area contributed by atoms with Crippen molar-refractivity contribution in [3.05, 3.63) is 0 Å². The highest BCUT2D eigenvalue weighted by molar-refractivity contribution is 5.74. The molecule has 1 amide bonds. The fraction of sp³-hybridized carbons (Fsp3) is 0.966. The molecule has 4 fully saturated rings. The standard InChI is InChI=1S/C29H52N2O/c1-7-20-31(5,6)30-27(32)16-11-21(2)24-14-15-25-23-13-12-22-10-8-9-18-28(22,3)26(23)17-19-29(24,25)4/h21-26H,7-20H2,1-6H3/p+1/t21-,22?,23?,24-,25?,26?,28+,29-/m1/s1. The van der Waals surface area contributed by atoms with Crippen LogP contribution in [0.1, 0.15) is 111 Å². The van der Waals surface area contributed by atoms with Crippen LogP contribution in [0.15, 0.2) is 0 Å². The summed E-state index contributed by atoms with van der Waals surface area (Å²) in [7, 11) is 4.21. The minimum Gasteiger partial charge on any atom is -0.270 e. The first-order valence-corrected chi connectivity index (χ1v) is 14.2. The second-order valence-electron chi connectivity index (χ2n) is 13.6. The molecule has 8 atom stereocenters. The summed E-state index contributed by atoms with van der Waals surface area (Å²) < 4.78 is 0.607. The number of hydrogen-bond donors (Lipinski definition) is 1. The van der Waals surface area contributed by atoms with Crippen molar-refractivity contribution in [3.63, 3.8) is 0 Å². The van der Waals surface area contributed by atoms with Gasteiger partial charge in [-0.3, -0.25) is 4.79 Å². The van der Waals surface area contributed by atoms with Crippen LogP contribution < -0.4 is 5.43 Å². The van der Waals surface area contributed by atoms with Crippen molar-refractivity contribution in [2.24, 2.45) is 46.3 Å². The summed E-state index contributed by atoms with van der Waals surface area (Å²) in [5.41, 5.74) is 4.40. The first-order chi connectivity index (χ1) is 15.1. The lowest BCUT2D eigenvalue weighted by atomic mass is 9.44. The minimum absolute atomic E-state index is 0.238. The number of quaternary nitrogens is 1. The molecule has 3 heteroatoms. The van der Waals surface area contributed by atoms with E-state index in [0.29, 0.717) is 27.8 Å². The van der Waals surface area contributed by atoms with Crippen molar-refractivity contribution in [2.45, 2.75) is 111 Å². The van der Waals surface area contributed by atoms with Gasteiger partial charge in [0, 0.05) is 6.42 Å². The van der Waals surface area contributed by atoms with Gasteiger partial charge in [0.25, 0.3) is 5.91 Å². The van der Waals surface area contributed by atoms with Crippen molar-refractivity contribution in [3.8, 4) is 0 Å². The van der Waals surface area contributed by atoms with Gasteiger partial charge in [-0.25, -0.2) is 10.0 Å². The third-order valence-corrected chi connectivity index (χ3v) is 11.4. The molecule has 0 radical (unpaired) electrons. The third-order valence-electron chi connectivity index (χ3n) is 11.4. The van der Waals surface area contributed by atoms with Crippen LogP contribution in [0.2, 0.25) is 0 Å². The normalized spacial score (nSPS) is 42.5. The van der Waals surface area contributed by atoms with Crippen LogP contribution in [-0.4, -0.2) is 31.1 Å². The molecule has 0 aromatic carbocycles. The number of rotatable bonds is 7. The summed E-state index contributed by atoms with van der Waals surface area (Å²) in [6, 6.07) is 0. The maximum Gasteiger partial charge on any atom is 0.264 e. The van der Waals surface area contributed by atoms with Crippen molar-refractivity contribution in [1.82, 2.24) is 5.43 Å². The molecule has 0 aromatic heterocycles. The SMILES string of the molecule is CCC[N+](C)(C)NC(=O)CC[C@@H](C)[C@H]1CCC2C3CCC4CCCC[C@]4(C)C3CC[C@@]21C. The van der Waals surface area contributed by atoms with Gasteiger partial charge in [-0.15, -0.1) is 0 Å². The van der Waals surface area contributed by atoms with Crippen LogP contribution in [0.4, 0.5) is 0 Å². The molecule has 4 aliphatic rings. The van der Waals surface area contributed by atoms with Crippen LogP contribution in [0.5, 0.6) is 0 Å². The minimum atomic E-state index is 0.238. The Kier molecular flexibility index (Phi) is 7.08. The molecule has 3 nitrogen and oxygen atoms in total. The fourth-order valence-electron chi connectivity index (χ4n) is 9.84. The smallest absolute Gasteiger partial charge is 0.264 e. The van der Waals surface area contributed by atoms with E-state index in [2.05, 4.69) is 47.2 Å². The number of fused-ring (bicyclic) bond motifs is 5. The van der Waals surface area contributed by atoms with E-state index in [1.807, 2.05) is 0 Å². The van der Waals surface area contributed by atoms with Gasteiger partial charge in [0.1, 0.15) is 6.54 Å². The van der Waals surface area contributed by atoms with Crippen LogP contribution in [0.3, 0.4) is 0 Å². The largest absolute Gasteiger partial charge is 0.270 e. The molecule has 0 aromatic rings. The van der Waals surface area contributed by atoms with Gasteiger partial charge in [0.2, 0.25) is 0 Å². The van der Waals surface area contributed by atoms with Crippen LogP contribution in [-0.2, 0) is 4.79 Å². The zero-order chi connectivity index (χ0) is 23.1. The molecule has 1 N–H and O–H groups in total. The average Bonchev–Trinajstić information content (AvgIpc) is 3.08. The van der Waals surface area contributed by atoms with E-state index in [-0.39, 0.29) is 5.91 Å². The fourth-order valence-corrected chi connectivity index (χ4v) is 9.84. The molecule has 4 rings (SSSR count). The first-order valence-electron chi connectivity index (χ1n) is 14.2. The Morgan fingerprint density at radius 3 is 2.47 bits per heavy atom. The Morgan fingerprint density at radius 1 is 0.969 bits per heavy atom. The summed E-state index contributed by atoms with van der Waals surface area (Å²) in [4.78, 5) is 12.6. The number of nitrogens with zero attached hydrogens (tertiary/aromatic N) is 1. The van der Waals surface area contributed by atoms with Crippen LogP contribution in [0, 0.1) is 46.3 Å². The van der Waals surface area contributed by atoms with E-state index in [1.165, 1.54) is 64.2 Å². The highest BCUT2D eigenvalue weighted by Crippen LogP contribution is 2.68. The molecule has 0 bridgehead atoms. The Morgan fingerprint density at radius 2 is 1.72 bits per heavy atom. The Labute approximate surface area is 199 Å². The van der Waals surface area contributed by atoms with Gasteiger partial charge in [-0.1, -0.05) is 40.5 Å². The van der Waals surface area contributed by atoms with E-state index >= 15 is 0 Å². The predicted molar refractivity (Wildman–Crippen MR) is 134 cm³/mol. The van der Waals surface area contributed by atoms with Crippen molar-refractivity contribution >= 4 is 5.91 Å². The van der Waals surface area contributed by atoms with E-state index in [4.69, 9.17) is 0 Å². The zero-order valence-corrected chi connectivity index (χ0v) is 22.2. The Hall–Kier alpha value is -0.570. The highest BCUT2D eigenvalue weighted by atomic mass is 16.2. The number of carbonyl (C=O) groups excluding carboxylic acids is 1. The molecule has 4 aliphatic carbocycles. The molecular weight excluding hydrogens is 392 g/mol. The lowest BCUT2D eigenvalue weighted by Gasteiger charge is -2.61. The zero-order valence-electron chi connectivity index (χ0n) is 22.2. The Balaban J connectivity index is 1.38.